The van der Waals surface area contributed by atoms with Crippen molar-refractivity contribution in [1.82, 2.24) is 14.6 Å². The van der Waals surface area contributed by atoms with E-state index >= 15 is 0 Å². The number of hydrogen-bond donors (Lipinski definition) is 3. The summed E-state index contributed by atoms with van der Waals surface area (Å²) in [5, 5.41) is 20.7. The first-order chi connectivity index (χ1) is 15.1. The summed E-state index contributed by atoms with van der Waals surface area (Å²) in [5.41, 5.74) is -0.834. The van der Waals surface area contributed by atoms with E-state index in [1.807, 2.05) is 0 Å². The van der Waals surface area contributed by atoms with Gasteiger partial charge in [-0.15, -0.1) is 0 Å². The molecular weight excluding hydrogens is 442 g/mol. The highest BCUT2D eigenvalue weighted by molar-refractivity contribution is 7.91. The summed E-state index contributed by atoms with van der Waals surface area (Å²) in [6.45, 7) is 1.33. The van der Waals surface area contributed by atoms with Gasteiger partial charge in [-0.25, -0.2) is 18.3 Å². The van der Waals surface area contributed by atoms with Gasteiger partial charge in [-0.2, -0.15) is 0 Å². The molecule has 32 heavy (non-hydrogen) atoms. The van der Waals surface area contributed by atoms with Crippen molar-refractivity contribution in [2.24, 2.45) is 0 Å². The molecule has 1 saturated heterocycles. The Morgan fingerprint density at radius 1 is 1.28 bits per heavy atom. The molecular formula is C20H25N3O8S. The Morgan fingerprint density at radius 3 is 2.62 bits per heavy atom. The third-order valence-corrected chi connectivity index (χ3v) is 7.00. The average molecular weight is 468 g/mol. The van der Waals surface area contributed by atoms with E-state index in [0.29, 0.717) is 17.0 Å². The van der Waals surface area contributed by atoms with Gasteiger partial charge < -0.3 is 9.84 Å². The summed E-state index contributed by atoms with van der Waals surface area (Å²) in [4.78, 5) is 38.3. The lowest BCUT2D eigenvalue weighted by Crippen LogP contribution is -2.39. The van der Waals surface area contributed by atoms with E-state index in [4.69, 9.17) is 4.74 Å². The van der Waals surface area contributed by atoms with E-state index in [2.05, 4.69) is 4.98 Å². The van der Waals surface area contributed by atoms with Crippen LogP contribution < -0.4 is 11.2 Å². The molecule has 0 radical (unpaired) electrons. The van der Waals surface area contributed by atoms with Crippen molar-refractivity contribution in [3.63, 3.8) is 0 Å². The van der Waals surface area contributed by atoms with Crippen molar-refractivity contribution in [2.75, 3.05) is 12.3 Å². The number of hydrogen-bond acceptors (Lipinski definition) is 8. The monoisotopic (exact) mass is 467 g/mol. The van der Waals surface area contributed by atoms with Crippen molar-refractivity contribution in [3.8, 4) is 0 Å². The van der Waals surface area contributed by atoms with E-state index in [1.54, 1.807) is 25.1 Å². The molecule has 12 heteroatoms. The Kier molecular flexibility index (Phi) is 7.29. The maximum atomic E-state index is 12.3. The number of ether oxygens (including phenoxy) is 1. The zero-order valence-corrected chi connectivity index (χ0v) is 18.2. The number of aliphatic hydroxyl groups is 1. The summed E-state index contributed by atoms with van der Waals surface area (Å²) < 4.78 is 31.4. The molecule has 2 heterocycles. The maximum absolute atomic E-state index is 12.3. The highest BCUT2D eigenvalue weighted by atomic mass is 32.2. The van der Waals surface area contributed by atoms with Crippen molar-refractivity contribution in [1.29, 1.82) is 0 Å². The van der Waals surface area contributed by atoms with Crippen LogP contribution in [0, 0.1) is 0 Å². The van der Waals surface area contributed by atoms with Crippen LogP contribution in [0.25, 0.3) is 0 Å². The van der Waals surface area contributed by atoms with Crippen LogP contribution in [-0.2, 0) is 25.8 Å². The van der Waals surface area contributed by atoms with Crippen molar-refractivity contribution < 1.29 is 28.3 Å². The fraction of sp³-hybridized carbons (Fsp3) is 0.450. The van der Waals surface area contributed by atoms with Gasteiger partial charge >= 0.3 is 5.69 Å². The predicted octanol–water partition coefficient (Wildman–Crippen LogP) is -0.171. The molecule has 0 bridgehead atoms. The van der Waals surface area contributed by atoms with Crippen LogP contribution in [0.5, 0.6) is 0 Å². The van der Waals surface area contributed by atoms with Crippen LogP contribution in [0.3, 0.4) is 0 Å². The summed E-state index contributed by atoms with van der Waals surface area (Å²) >= 11 is 0. The molecule has 3 atom stereocenters. The first-order valence-electron chi connectivity index (χ1n) is 10.1. The van der Waals surface area contributed by atoms with Gasteiger partial charge in [0.15, 0.2) is 9.84 Å². The Hall–Kier alpha value is -2.80. The van der Waals surface area contributed by atoms with Gasteiger partial charge in [-0.3, -0.25) is 24.3 Å². The Morgan fingerprint density at radius 2 is 1.97 bits per heavy atom. The molecule has 3 N–H and O–H groups in total. The molecule has 1 fully saturated rings. The second kappa shape index (κ2) is 9.77. The summed E-state index contributed by atoms with van der Waals surface area (Å²) in [7, 11) is -3.69. The third kappa shape index (κ3) is 5.33. The first-order valence-corrected chi connectivity index (χ1v) is 11.7. The van der Waals surface area contributed by atoms with Crippen LogP contribution in [0.15, 0.2) is 51.0 Å². The Bertz CT molecular complexity index is 1180. The number of sulfone groups is 1. The van der Waals surface area contributed by atoms with Gasteiger partial charge in [0.05, 0.1) is 23.3 Å². The van der Waals surface area contributed by atoms with Crippen molar-refractivity contribution in [2.45, 2.75) is 49.5 Å². The van der Waals surface area contributed by atoms with Gasteiger partial charge in [-0.05, 0) is 18.6 Å². The fourth-order valence-electron chi connectivity index (χ4n) is 3.41. The van der Waals surface area contributed by atoms with Gasteiger partial charge in [0, 0.05) is 24.6 Å². The minimum atomic E-state index is -3.69. The number of aryl methyl sites for hydroxylation is 1. The third-order valence-electron chi connectivity index (χ3n) is 5.26. The van der Waals surface area contributed by atoms with Crippen LogP contribution in [0.2, 0.25) is 0 Å². The molecule has 1 amide bonds. The topological polar surface area (TPSA) is 159 Å². The molecule has 0 saturated carbocycles. The number of carbonyl (C=O) groups is 1. The lowest BCUT2D eigenvalue weighted by molar-refractivity contribution is -0.175. The number of carbonyl (C=O) groups excluding carboxylic acids is 1. The number of nitrogens with one attached hydrogen (secondary N) is 1. The molecule has 1 aromatic carbocycles. The van der Waals surface area contributed by atoms with Crippen LogP contribution in [0.1, 0.15) is 31.6 Å². The zero-order valence-electron chi connectivity index (χ0n) is 17.4. The number of aliphatic hydroxyl groups excluding tert-OH is 1. The molecule has 0 spiro atoms. The quantitative estimate of drug-likeness (QED) is 0.356. The van der Waals surface area contributed by atoms with Crippen molar-refractivity contribution >= 4 is 15.7 Å². The molecule has 3 rings (SSSR count). The molecule has 11 nitrogen and oxygen atoms in total. The van der Waals surface area contributed by atoms with E-state index < -0.39 is 64.1 Å². The van der Waals surface area contributed by atoms with Crippen LogP contribution >= 0.6 is 0 Å². The van der Waals surface area contributed by atoms with Crippen molar-refractivity contribution in [3.05, 3.63) is 62.9 Å². The number of aromatic nitrogens is 2. The summed E-state index contributed by atoms with van der Waals surface area (Å²) in [6, 6.07) is 7.65. The number of hydroxylamine groups is 2. The number of nitrogens with zero attached hydrogens (tertiary/aromatic N) is 2. The second-order valence-corrected chi connectivity index (χ2v) is 9.57. The lowest BCUT2D eigenvalue weighted by Gasteiger charge is -2.21. The van der Waals surface area contributed by atoms with Crippen LogP contribution in [0.4, 0.5) is 0 Å². The Balaban J connectivity index is 1.61. The number of aromatic amines is 1. The molecule has 0 aliphatic carbocycles. The van der Waals surface area contributed by atoms with E-state index in [1.165, 1.54) is 18.3 Å². The molecule has 1 aliphatic rings. The average Bonchev–Trinajstić information content (AvgIpc) is 3.12. The van der Waals surface area contributed by atoms with Gasteiger partial charge in [0.1, 0.15) is 12.3 Å². The largest absolute Gasteiger partial charge is 0.390 e. The number of amides is 1. The highest BCUT2D eigenvalue weighted by Gasteiger charge is 2.37. The normalized spacial score (nSPS) is 20.9. The minimum Gasteiger partial charge on any atom is -0.390 e. The molecule has 1 aliphatic heterocycles. The minimum absolute atomic E-state index is 0.00416. The number of benzene rings is 1. The van der Waals surface area contributed by atoms with E-state index in [-0.39, 0.29) is 11.3 Å². The predicted molar refractivity (Wildman–Crippen MR) is 112 cm³/mol. The summed E-state index contributed by atoms with van der Waals surface area (Å²) in [6.07, 6.45) is -1.71. The Labute approximate surface area is 183 Å². The SMILES string of the molecule is CCc1cn([C@@H]2CC(O)[C@H](CN(O)C(=O)CCS(=O)(=O)c3ccccc3)O2)c(=O)[nH]c1=O. The smallest absolute Gasteiger partial charge is 0.330 e. The number of rotatable bonds is 8. The van der Waals surface area contributed by atoms with Gasteiger partial charge in [0.2, 0.25) is 5.91 Å². The first kappa shape index (κ1) is 23.9. The molecule has 174 valence electrons. The highest BCUT2D eigenvalue weighted by Crippen LogP contribution is 2.28. The second-order valence-electron chi connectivity index (χ2n) is 7.46. The zero-order chi connectivity index (χ0) is 23.5. The number of H-pyrrole nitrogens is 1. The van der Waals surface area contributed by atoms with Gasteiger partial charge in [-0.1, -0.05) is 25.1 Å². The molecule has 2 aromatic rings. The van der Waals surface area contributed by atoms with E-state index in [9.17, 15) is 33.1 Å². The summed E-state index contributed by atoms with van der Waals surface area (Å²) in [5.74, 6) is -1.34. The fourth-order valence-corrected chi connectivity index (χ4v) is 4.66. The standard InChI is InChI=1S/C20H25N3O8S/c1-2-13-11-22(20(27)21-19(13)26)18-10-15(24)16(31-18)12-23(28)17(25)8-9-32(29,30)14-6-4-3-5-7-14/h3-7,11,15-16,18,24,28H,2,8-10,12H2,1H3,(H,21,26,27)/t15?,16-,18-/m0/s1. The molecule has 1 aromatic heterocycles. The molecule has 1 unspecified atom stereocenters. The van der Waals surface area contributed by atoms with E-state index in [0.717, 1.165) is 4.57 Å². The van der Waals surface area contributed by atoms with Crippen LogP contribution in [-0.4, -0.2) is 63.8 Å². The van der Waals surface area contributed by atoms with Gasteiger partial charge in [0.25, 0.3) is 5.56 Å². The lowest BCUT2D eigenvalue weighted by atomic mass is 10.1. The maximum Gasteiger partial charge on any atom is 0.330 e.